The molecule has 292 valence electrons. The number of hydrogen-bond donors (Lipinski definition) is 2. The number of sulfonamides is 1. The first kappa shape index (κ1) is 38.7. The number of hydrogen-bond acceptors (Lipinski definition) is 7. The zero-order chi connectivity index (χ0) is 39.0. The highest BCUT2D eigenvalue weighted by Gasteiger charge is 2.55. The van der Waals surface area contributed by atoms with Crippen LogP contribution < -0.4 is 19.5 Å². The average Bonchev–Trinajstić information content (AvgIpc) is 3.74. The van der Waals surface area contributed by atoms with E-state index in [0.717, 1.165) is 43.2 Å². The summed E-state index contributed by atoms with van der Waals surface area (Å²) in [5.41, 5.74) is -1.23. The Hall–Kier alpha value is -4.55. The minimum atomic E-state index is -4.64. The highest BCUT2D eigenvalue weighted by Crippen LogP contribution is 2.49. The number of alkyl carbamates (subject to hydrolysis) is 1. The van der Waals surface area contributed by atoms with E-state index in [9.17, 15) is 18.0 Å². The van der Waals surface area contributed by atoms with Crippen LogP contribution in [0.3, 0.4) is 0 Å². The number of amides is 1. The number of para-hydroxylation sites is 1. The third-order valence-electron chi connectivity index (χ3n) is 11.0. The minimum Gasteiger partial charge on any atom is -0.490 e. The average molecular weight is 775 g/mol. The maximum absolute atomic E-state index is 16.9. The number of carbonyl (C=O) groups excluding carboxylic acids is 2. The summed E-state index contributed by atoms with van der Waals surface area (Å²) in [5.74, 6) is -4.77. The van der Waals surface area contributed by atoms with Gasteiger partial charge in [0.2, 0.25) is 10.0 Å². The van der Waals surface area contributed by atoms with E-state index >= 15 is 8.78 Å². The predicted molar refractivity (Wildman–Crippen MR) is 205 cm³/mol. The summed E-state index contributed by atoms with van der Waals surface area (Å²) in [7, 11) is -4.64. The van der Waals surface area contributed by atoms with E-state index in [4.69, 9.17) is 14.2 Å². The lowest BCUT2D eigenvalue weighted by Crippen LogP contribution is -2.55. The molecular formula is C43H48F2N2O7S. The largest absolute Gasteiger partial charge is 0.490 e. The van der Waals surface area contributed by atoms with Crippen molar-refractivity contribution >= 4 is 32.7 Å². The summed E-state index contributed by atoms with van der Waals surface area (Å²) in [6, 6.07) is 21.0. The van der Waals surface area contributed by atoms with Crippen molar-refractivity contribution in [3.63, 3.8) is 0 Å². The Morgan fingerprint density at radius 3 is 2.02 bits per heavy atom. The van der Waals surface area contributed by atoms with Crippen molar-refractivity contribution in [3.8, 4) is 17.2 Å². The lowest BCUT2D eigenvalue weighted by atomic mass is 9.72. The molecule has 9 nitrogen and oxygen atoms in total. The molecular weight excluding hydrogens is 727 g/mol. The van der Waals surface area contributed by atoms with E-state index in [-0.39, 0.29) is 28.9 Å². The van der Waals surface area contributed by atoms with E-state index in [0.29, 0.717) is 48.3 Å². The number of fused-ring (bicyclic) bond motifs is 3. The summed E-state index contributed by atoms with van der Waals surface area (Å²) < 4.78 is 81.5. The summed E-state index contributed by atoms with van der Waals surface area (Å²) in [6.07, 6.45) is 5.77. The molecule has 0 aliphatic heterocycles. The van der Waals surface area contributed by atoms with Crippen LogP contribution in [0, 0.1) is 17.8 Å². The number of alkyl halides is 2. The molecule has 3 saturated carbocycles. The molecule has 4 aromatic carbocycles. The molecule has 4 aromatic rings. The number of nitrogens with one attached hydrogen (secondary N) is 2. The number of ketones is 1. The van der Waals surface area contributed by atoms with Crippen molar-refractivity contribution in [3.05, 3.63) is 96.6 Å². The fourth-order valence-corrected chi connectivity index (χ4v) is 9.73. The number of rotatable bonds is 12. The third-order valence-corrected chi connectivity index (χ3v) is 12.4. The summed E-state index contributed by atoms with van der Waals surface area (Å²) >= 11 is 0. The highest BCUT2D eigenvalue weighted by atomic mass is 32.2. The highest BCUT2D eigenvalue weighted by molar-refractivity contribution is 7.89. The van der Waals surface area contributed by atoms with Gasteiger partial charge in [0.1, 0.15) is 28.9 Å². The van der Waals surface area contributed by atoms with Gasteiger partial charge in [0.15, 0.2) is 5.78 Å². The van der Waals surface area contributed by atoms with Crippen LogP contribution in [0.15, 0.2) is 95.9 Å². The molecule has 0 saturated heterocycles. The smallest absolute Gasteiger partial charge is 0.407 e. The topological polar surface area (TPSA) is 120 Å². The number of halogens is 2. The van der Waals surface area contributed by atoms with Crippen LogP contribution >= 0.6 is 0 Å². The molecule has 55 heavy (non-hydrogen) atoms. The number of ether oxygens (including phenoxy) is 3. The van der Waals surface area contributed by atoms with Gasteiger partial charge in [-0.1, -0.05) is 30.3 Å². The molecule has 1 amide bonds. The molecule has 0 radical (unpaired) electrons. The Kier molecular flexibility index (Phi) is 10.9. The van der Waals surface area contributed by atoms with Crippen molar-refractivity contribution in [1.29, 1.82) is 0 Å². The Bertz CT molecular complexity index is 2100. The maximum Gasteiger partial charge on any atom is 0.407 e. The third kappa shape index (κ3) is 8.96. The molecule has 0 heterocycles. The molecule has 3 aliphatic rings. The number of benzene rings is 4. The summed E-state index contributed by atoms with van der Waals surface area (Å²) in [4.78, 5) is 26.9. The molecule has 3 unspecified atom stereocenters. The second kappa shape index (κ2) is 15.5. The first-order valence-electron chi connectivity index (χ1n) is 19.1. The van der Waals surface area contributed by atoms with Gasteiger partial charge in [-0.3, -0.25) is 4.79 Å². The second-order valence-corrected chi connectivity index (χ2v) is 17.9. The quantitative estimate of drug-likeness (QED) is 0.147. The van der Waals surface area contributed by atoms with Gasteiger partial charge in [0.25, 0.3) is 5.92 Å². The van der Waals surface area contributed by atoms with E-state index in [1.165, 1.54) is 24.3 Å². The molecule has 0 spiro atoms. The van der Waals surface area contributed by atoms with Crippen LogP contribution in [0.4, 0.5) is 13.6 Å². The van der Waals surface area contributed by atoms with Gasteiger partial charge in [0.05, 0.1) is 11.0 Å². The lowest BCUT2D eigenvalue weighted by molar-refractivity contribution is -0.139. The van der Waals surface area contributed by atoms with E-state index in [2.05, 4.69) is 10.0 Å². The first-order valence-corrected chi connectivity index (χ1v) is 20.6. The van der Waals surface area contributed by atoms with Crippen molar-refractivity contribution in [2.45, 2.75) is 107 Å². The molecule has 3 atom stereocenters. The summed E-state index contributed by atoms with van der Waals surface area (Å²) in [6.45, 7) is 5.28. The Balaban J connectivity index is 1.16. The van der Waals surface area contributed by atoms with Crippen molar-refractivity contribution in [1.82, 2.24) is 10.0 Å². The van der Waals surface area contributed by atoms with Gasteiger partial charge in [0, 0.05) is 17.5 Å². The van der Waals surface area contributed by atoms with Crippen molar-refractivity contribution in [2.24, 2.45) is 17.8 Å². The Morgan fingerprint density at radius 1 is 0.764 bits per heavy atom. The zero-order valence-corrected chi connectivity index (χ0v) is 32.1. The van der Waals surface area contributed by atoms with Crippen LogP contribution in [0.5, 0.6) is 17.2 Å². The van der Waals surface area contributed by atoms with E-state index in [1.807, 2.05) is 12.1 Å². The normalized spacial score (nSPS) is 22.3. The molecule has 3 fully saturated rings. The SMILES string of the molecule is CC(C)(C)OC(=O)NC1CC2CCC(C1)C2C(=O)C(NS(=O)(=O)c1ccc2cc(OC3CCCC3)ccc2c1)C(F)(F)c1ccc(Oc2ccccc2)cc1. The summed E-state index contributed by atoms with van der Waals surface area (Å²) in [5, 5.41) is 4.20. The molecule has 12 heteroatoms. The predicted octanol–water partition coefficient (Wildman–Crippen LogP) is 9.29. The molecule has 7 rings (SSSR count). The fourth-order valence-electron chi connectivity index (χ4n) is 8.49. The minimum absolute atomic E-state index is 0.150. The van der Waals surface area contributed by atoms with Crippen LogP contribution in [0.25, 0.3) is 10.8 Å². The van der Waals surface area contributed by atoms with E-state index in [1.54, 1.807) is 63.2 Å². The van der Waals surface area contributed by atoms with Crippen LogP contribution in [-0.4, -0.2) is 44.1 Å². The zero-order valence-electron chi connectivity index (χ0n) is 31.3. The van der Waals surface area contributed by atoms with Crippen molar-refractivity contribution < 1.29 is 41.0 Å². The molecule has 2 bridgehead atoms. The van der Waals surface area contributed by atoms with E-state index < -0.39 is 50.9 Å². The Morgan fingerprint density at radius 2 is 1.36 bits per heavy atom. The number of Topliss-reactive ketones (excluding diaryl/α,β-unsaturated/α-hetero) is 1. The molecule has 3 aliphatic carbocycles. The van der Waals surface area contributed by atoms with Gasteiger partial charge >= 0.3 is 6.09 Å². The van der Waals surface area contributed by atoms with Gasteiger partial charge in [-0.15, -0.1) is 0 Å². The van der Waals surface area contributed by atoms with Crippen LogP contribution in [0.1, 0.15) is 77.7 Å². The van der Waals surface area contributed by atoms with Gasteiger partial charge in [-0.2, -0.15) is 13.5 Å². The second-order valence-electron chi connectivity index (χ2n) is 16.2. The van der Waals surface area contributed by atoms with Crippen LogP contribution in [-0.2, 0) is 25.5 Å². The fraction of sp³-hybridized carbons (Fsp3) is 0.442. The van der Waals surface area contributed by atoms with Crippen molar-refractivity contribution in [2.75, 3.05) is 0 Å². The molecule has 0 aromatic heterocycles. The first-order chi connectivity index (χ1) is 26.1. The van der Waals surface area contributed by atoms with Gasteiger partial charge in [-0.25, -0.2) is 13.2 Å². The molecule has 2 N–H and O–H groups in total. The Labute approximate surface area is 321 Å². The monoisotopic (exact) mass is 774 g/mol. The van der Waals surface area contributed by atoms with Gasteiger partial charge < -0.3 is 19.5 Å². The number of carbonyl (C=O) groups is 2. The maximum atomic E-state index is 16.9. The standard InChI is InChI=1S/C43H48F2N2O7S/c1-42(2,3)54-41(49)46-32-23-29-13-14-30(24-32)38(29)39(48)40(43(44,45)31-17-20-35(21-18-31)52-33-9-5-4-6-10-33)47-55(50,51)37-22-16-27-25-36(19-15-28(27)26-37)53-34-11-7-8-12-34/h4-6,9-10,15-22,25-26,29-30,32,34,38,40,47H,7-8,11-14,23-24H2,1-3H3,(H,46,49). The van der Waals surface area contributed by atoms with Crippen LogP contribution in [0.2, 0.25) is 0 Å². The van der Waals surface area contributed by atoms with Gasteiger partial charge in [-0.05, 0) is 155 Å². The lowest BCUT2D eigenvalue weighted by Gasteiger charge is -2.38.